The Kier molecular flexibility index (Phi) is 3.56. The first-order valence-corrected chi connectivity index (χ1v) is 6.08. The zero-order valence-corrected chi connectivity index (χ0v) is 10.4. The maximum atomic E-state index is 13.2. The van der Waals surface area contributed by atoms with Crippen molar-refractivity contribution >= 4 is 27.3 Å². The quantitative estimate of drug-likeness (QED) is 0.818. The van der Waals surface area contributed by atoms with Crippen molar-refractivity contribution in [1.82, 2.24) is 0 Å². The third-order valence-electron chi connectivity index (χ3n) is 1.89. The summed E-state index contributed by atoms with van der Waals surface area (Å²) in [4.78, 5) is 0.940. The highest BCUT2D eigenvalue weighted by Crippen LogP contribution is 2.24. The third-order valence-corrected chi connectivity index (χ3v) is 3.49. The molecular weight excluding hydrogens is 298 g/mol. The fourth-order valence-corrected chi connectivity index (χ4v) is 2.56. The van der Waals surface area contributed by atoms with Gasteiger partial charge in [-0.05, 0) is 40.2 Å². The van der Waals surface area contributed by atoms with E-state index in [1.165, 1.54) is 11.3 Å². The molecule has 1 aromatic heterocycles. The summed E-state index contributed by atoms with van der Waals surface area (Å²) in [5.41, 5.74) is 0. The second-order valence-electron chi connectivity index (χ2n) is 3.07. The Hall–Kier alpha value is -0.940. The van der Waals surface area contributed by atoms with E-state index in [9.17, 15) is 8.78 Å². The van der Waals surface area contributed by atoms with Crippen molar-refractivity contribution in [3.63, 3.8) is 0 Å². The van der Waals surface area contributed by atoms with Crippen LogP contribution in [0.5, 0.6) is 5.75 Å². The lowest BCUT2D eigenvalue weighted by atomic mass is 10.3. The SMILES string of the molecule is Fc1ccc(F)c(OCc2ccc(Br)s2)c1. The lowest BCUT2D eigenvalue weighted by Crippen LogP contribution is -1.95. The van der Waals surface area contributed by atoms with Gasteiger partial charge in [-0.15, -0.1) is 11.3 Å². The molecule has 1 heterocycles. The fourth-order valence-electron chi connectivity index (χ4n) is 1.17. The smallest absolute Gasteiger partial charge is 0.165 e. The van der Waals surface area contributed by atoms with Gasteiger partial charge in [0.25, 0.3) is 0 Å². The third kappa shape index (κ3) is 2.80. The van der Waals surface area contributed by atoms with Gasteiger partial charge in [0.05, 0.1) is 3.79 Å². The molecule has 0 amide bonds. The molecular formula is C11H7BrF2OS. The minimum absolute atomic E-state index is 0.0653. The lowest BCUT2D eigenvalue weighted by Gasteiger charge is -2.05. The van der Waals surface area contributed by atoms with Crippen LogP contribution < -0.4 is 4.74 Å². The summed E-state index contributed by atoms with van der Waals surface area (Å²) in [7, 11) is 0. The van der Waals surface area contributed by atoms with Crippen LogP contribution in [-0.4, -0.2) is 0 Å². The zero-order valence-electron chi connectivity index (χ0n) is 8.04. The first-order valence-electron chi connectivity index (χ1n) is 4.47. The first kappa shape index (κ1) is 11.5. The van der Waals surface area contributed by atoms with Crippen molar-refractivity contribution in [2.24, 2.45) is 0 Å². The van der Waals surface area contributed by atoms with Crippen LogP contribution in [0.15, 0.2) is 34.1 Å². The maximum absolute atomic E-state index is 13.2. The molecule has 0 atom stereocenters. The van der Waals surface area contributed by atoms with Gasteiger partial charge in [-0.25, -0.2) is 8.78 Å². The van der Waals surface area contributed by atoms with E-state index in [-0.39, 0.29) is 12.4 Å². The molecule has 0 unspecified atom stereocenters. The van der Waals surface area contributed by atoms with Gasteiger partial charge < -0.3 is 4.74 Å². The van der Waals surface area contributed by atoms with E-state index < -0.39 is 11.6 Å². The highest BCUT2D eigenvalue weighted by Gasteiger charge is 2.06. The van der Waals surface area contributed by atoms with Gasteiger partial charge in [0.2, 0.25) is 0 Å². The molecule has 0 aliphatic heterocycles. The van der Waals surface area contributed by atoms with Gasteiger partial charge in [-0.2, -0.15) is 0 Å². The molecule has 0 saturated carbocycles. The predicted molar refractivity (Wildman–Crippen MR) is 62.7 cm³/mol. The number of halogens is 3. The summed E-state index contributed by atoms with van der Waals surface area (Å²) in [6.45, 7) is 0.233. The Morgan fingerprint density at radius 2 is 2.00 bits per heavy atom. The van der Waals surface area contributed by atoms with E-state index in [0.29, 0.717) is 0 Å². The molecule has 0 aliphatic carbocycles. The van der Waals surface area contributed by atoms with Crippen molar-refractivity contribution in [3.8, 4) is 5.75 Å². The van der Waals surface area contributed by atoms with Crippen LogP contribution in [0.25, 0.3) is 0 Å². The maximum Gasteiger partial charge on any atom is 0.165 e. The Bertz CT molecular complexity index is 498. The average Bonchev–Trinajstić information content (AvgIpc) is 2.66. The predicted octanol–water partition coefficient (Wildman–Crippen LogP) is 4.37. The molecule has 1 aromatic carbocycles. The molecule has 2 aromatic rings. The fraction of sp³-hybridized carbons (Fsp3) is 0.0909. The van der Waals surface area contributed by atoms with Gasteiger partial charge in [-0.3, -0.25) is 0 Å². The van der Waals surface area contributed by atoms with E-state index in [1.54, 1.807) is 0 Å². The molecule has 0 N–H and O–H groups in total. The monoisotopic (exact) mass is 304 g/mol. The van der Waals surface area contributed by atoms with Gasteiger partial charge >= 0.3 is 0 Å². The van der Waals surface area contributed by atoms with Crippen molar-refractivity contribution in [1.29, 1.82) is 0 Å². The van der Waals surface area contributed by atoms with E-state index in [2.05, 4.69) is 15.9 Å². The Morgan fingerprint density at radius 1 is 1.19 bits per heavy atom. The van der Waals surface area contributed by atoms with Gasteiger partial charge in [0.15, 0.2) is 11.6 Å². The molecule has 0 spiro atoms. The van der Waals surface area contributed by atoms with Gasteiger partial charge in [-0.1, -0.05) is 0 Å². The molecule has 0 aliphatic rings. The number of hydrogen-bond donors (Lipinski definition) is 0. The van der Waals surface area contributed by atoms with Crippen LogP contribution in [0.3, 0.4) is 0 Å². The van der Waals surface area contributed by atoms with Crippen molar-refractivity contribution in [3.05, 3.63) is 50.6 Å². The van der Waals surface area contributed by atoms with E-state index >= 15 is 0 Å². The largest absolute Gasteiger partial charge is 0.485 e. The average molecular weight is 305 g/mol. The number of benzene rings is 1. The van der Waals surface area contributed by atoms with Crippen LogP contribution in [-0.2, 0) is 6.61 Å². The molecule has 0 bridgehead atoms. The lowest BCUT2D eigenvalue weighted by molar-refractivity contribution is 0.291. The summed E-state index contributed by atoms with van der Waals surface area (Å²) in [6, 6.07) is 6.90. The Balaban J connectivity index is 2.07. The normalized spacial score (nSPS) is 10.4. The second-order valence-corrected chi connectivity index (χ2v) is 5.62. The van der Waals surface area contributed by atoms with Crippen LogP contribution in [0.1, 0.15) is 4.88 Å². The van der Waals surface area contributed by atoms with Crippen LogP contribution >= 0.6 is 27.3 Å². The molecule has 84 valence electrons. The topological polar surface area (TPSA) is 9.23 Å². The van der Waals surface area contributed by atoms with E-state index in [1.807, 2.05) is 12.1 Å². The molecule has 5 heteroatoms. The molecule has 16 heavy (non-hydrogen) atoms. The Morgan fingerprint density at radius 3 is 2.69 bits per heavy atom. The van der Waals surface area contributed by atoms with Crippen molar-refractivity contribution < 1.29 is 13.5 Å². The summed E-state index contributed by atoms with van der Waals surface area (Å²) >= 11 is 4.81. The standard InChI is InChI=1S/C11H7BrF2OS/c12-11-4-2-8(16-11)6-15-10-5-7(13)1-3-9(10)14/h1-5H,6H2. The van der Waals surface area contributed by atoms with E-state index in [0.717, 1.165) is 26.9 Å². The molecule has 0 radical (unpaired) electrons. The van der Waals surface area contributed by atoms with E-state index in [4.69, 9.17) is 4.74 Å². The van der Waals surface area contributed by atoms with Crippen LogP contribution in [0.4, 0.5) is 8.78 Å². The summed E-state index contributed by atoms with van der Waals surface area (Å²) in [5.74, 6) is -1.13. The number of thiophene rings is 1. The van der Waals surface area contributed by atoms with Crippen LogP contribution in [0.2, 0.25) is 0 Å². The van der Waals surface area contributed by atoms with Gasteiger partial charge in [0, 0.05) is 10.9 Å². The van der Waals surface area contributed by atoms with Crippen molar-refractivity contribution in [2.75, 3.05) is 0 Å². The summed E-state index contributed by atoms with van der Waals surface area (Å²) in [6.07, 6.45) is 0. The highest BCUT2D eigenvalue weighted by atomic mass is 79.9. The number of ether oxygens (including phenoxy) is 1. The molecule has 2 rings (SSSR count). The summed E-state index contributed by atoms with van der Waals surface area (Å²) in [5, 5.41) is 0. The second kappa shape index (κ2) is 4.93. The first-order chi connectivity index (χ1) is 7.65. The minimum Gasteiger partial charge on any atom is -0.485 e. The molecule has 0 saturated heterocycles. The van der Waals surface area contributed by atoms with Gasteiger partial charge in [0.1, 0.15) is 12.4 Å². The number of rotatable bonds is 3. The summed E-state index contributed by atoms with van der Waals surface area (Å²) < 4.78 is 32.2. The molecule has 1 nitrogen and oxygen atoms in total. The zero-order chi connectivity index (χ0) is 11.5. The highest BCUT2D eigenvalue weighted by molar-refractivity contribution is 9.11. The minimum atomic E-state index is -0.558. The Labute approximate surface area is 104 Å². The number of hydrogen-bond acceptors (Lipinski definition) is 2. The molecule has 0 fully saturated rings. The van der Waals surface area contributed by atoms with Crippen LogP contribution in [0, 0.1) is 11.6 Å². The van der Waals surface area contributed by atoms with Crippen molar-refractivity contribution in [2.45, 2.75) is 6.61 Å².